The van der Waals surface area contributed by atoms with Crippen LogP contribution in [-0.4, -0.2) is 13.0 Å². The molecule has 1 aliphatic rings. The van der Waals surface area contributed by atoms with Crippen molar-refractivity contribution in [2.75, 3.05) is 11.9 Å². The van der Waals surface area contributed by atoms with Gasteiger partial charge in [-0.25, -0.2) is 0 Å². The zero-order chi connectivity index (χ0) is 10.3. The maximum Gasteiger partial charge on any atom is 0.229 e. The summed E-state index contributed by atoms with van der Waals surface area (Å²) in [6.07, 6.45) is 0.874. The number of hydrogen-bond donors (Lipinski definition) is 0. The van der Waals surface area contributed by atoms with Crippen LogP contribution in [0, 0.1) is 12.8 Å². The van der Waals surface area contributed by atoms with Crippen LogP contribution in [0.4, 0.5) is 5.69 Å². The number of benzene rings is 1. The van der Waals surface area contributed by atoms with Crippen LogP contribution in [0.5, 0.6) is 0 Å². The Labute approximate surface area is 84.5 Å². The normalized spacial score (nSPS) is 20.9. The van der Waals surface area contributed by atoms with Crippen molar-refractivity contribution >= 4 is 11.6 Å². The molecule has 1 aliphatic heterocycles. The maximum absolute atomic E-state index is 11.7. The number of amides is 1. The first-order valence-corrected chi connectivity index (χ1v) is 4.96. The third kappa shape index (κ3) is 1.31. The molecule has 2 heteroatoms. The quantitative estimate of drug-likeness (QED) is 0.612. The lowest BCUT2D eigenvalue weighted by Gasteiger charge is -2.30. The third-order valence-corrected chi connectivity index (χ3v) is 2.88. The number of carbonyl (C=O) groups excluding carboxylic acids is 1. The minimum atomic E-state index is 0.121. The fraction of sp³-hybridized carbons (Fsp3) is 0.417. The third-order valence-electron chi connectivity index (χ3n) is 2.88. The highest BCUT2D eigenvalue weighted by molar-refractivity contribution is 5.97. The SMILES string of the molecule is Cc1ccc2c(c1)N(C)C(=O)C(C)C2. The Bertz CT molecular complexity index is 384. The van der Waals surface area contributed by atoms with Crippen LogP contribution >= 0.6 is 0 Å². The molecule has 1 heterocycles. The van der Waals surface area contributed by atoms with Gasteiger partial charge in [0.2, 0.25) is 5.91 Å². The Morgan fingerprint density at radius 1 is 1.43 bits per heavy atom. The largest absolute Gasteiger partial charge is 0.315 e. The van der Waals surface area contributed by atoms with E-state index in [1.54, 1.807) is 4.90 Å². The summed E-state index contributed by atoms with van der Waals surface area (Å²) in [5.41, 5.74) is 3.57. The number of hydrogen-bond acceptors (Lipinski definition) is 1. The maximum atomic E-state index is 11.7. The van der Waals surface area contributed by atoms with Gasteiger partial charge in [-0.15, -0.1) is 0 Å². The van der Waals surface area contributed by atoms with Crippen molar-refractivity contribution in [2.45, 2.75) is 20.3 Å². The summed E-state index contributed by atoms with van der Waals surface area (Å²) in [6.45, 7) is 4.04. The molecule has 2 nitrogen and oxygen atoms in total. The Balaban J connectivity index is 2.51. The van der Waals surface area contributed by atoms with Gasteiger partial charge >= 0.3 is 0 Å². The Morgan fingerprint density at radius 2 is 2.14 bits per heavy atom. The van der Waals surface area contributed by atoms with Gasteiger partial charge in [0.1, 0.15) is 0 Å². The van der Waals surface area contributed by atoms with E-state index in [-0.39, 0.29) is 11.8 Å². The van der Waals surface area contributed by atoms with Gasteiger partial charge < -0.3 is 4.90 Å². The number of fused-ring (bicyclic) bond motifs is 1. The Hall–Kier alpha value is -1.31. The molecule has 74 valence electrons. The smallest absolute Gasteiger partial charge is 0.229 e. The molecule has 0 bridgehead atoms. The standard InChI is InChI=1S/C12H15NO/c1-8-4-5-10-7-9(2)12(14)13(3)11(10)6-8/h4-6,9H,7H2,1-3H3. The molecular formula is C12H15NO. The monoisotopic (exact) mass is 189 g/mol. The van der Waals surface area contributed by atoms with E-state index in [9.17, 15) is 4.79 Å². The predicted octanol–water partition coefficient (Wildman–Crippen LogP) is 2.15. The Kier molecular flexibility index (Phi) is 2.06. The minimum Gasteiger partial charge on any atom is -0.315 e. The first-order chi connectivity index (χ1) is 6.59. The van der Waals surface area contributed by atoms with E-state index >= 15 is 0 Å². The summed E-state index contributed by atoms with van der Waals surface area (Å²) in [5.74, 6) is 0.346. The van der Waals surface area contributed by atoms with Gasteiger partial charge in [-0.3, -0.25) is 4.79 Å². The topological polar surface area (TPSA) is 20.3 Å². The van der Waals surface area contributed by atoms with Crippen molar-refractivity contribution in [1.29, 1.82) is 0 Å². The zero-order valence-electron chi connectivity index (χ0n) is 8.87. The summed E-state index contributed by atoms with van der Waals surface area (Å²) in [5, 5.41) is 0. The molecule has 0 fully saturated rings. The van der Waals surface area contributed by atoms with E-state index in [2.05, 4.69) is 25.1 Å². The molecule has 1 aromatic carbocycles. The summed E-state index contributed by atoms with van der Waals surface area (Å²) < 4.78 is 0. The molecular weight excluding hydrogens is 174 g/mol. The average molecular weight is 189 g/mol. The second-order valence-corrected chi connectivity index (χ2v) is 4.13. The van der Waals surface area contributed by atoms with Crippen LogP contribution < -0.4 is 4.90 Å². The molecule has 0 N–H and O–H groups in total. The molecule has 0 saturated heterocycles. The lowest BCUT2D eigenvalue weighted by atomic mass is 9.93. The number of rotatable bonds is 0. The highest BCUT2D eigenvalue weighted by Crippen LogP contribution is 2.29. The molecule has 1 aromatic rings. The molecule has 0 saturated carbocycles. The van der Waals surface area contributed by atoms with Crippen molar-refractivity contribution < 1.29 is 4.79 Å². The second kappa shape index (κ2) is 3.12. The van der Waals surface area contributed by atoms with Crippen molar-refractivity contribution in [3.8, 4) is 0 Å². The van der Waals surface area contributed by atoms with E-state index in [1.165, 1.54) is 11.1 Å². The van der Waals surface area contributed by atoms with Gasteiger partial charge in [0.15, 0.2) is 0 Å². The lowest BCUT2D eigenvalue weighted by molar-refractivity contribution is -0.121. The zero-order valence-corrected chi connectivity index (χ0v) is 8.87. The van der Waals surface area contributed by atoms with Gasteiger partial charge in [0.05, 0.1) is 0 Å². The van der Waals surface area contributed by atoms with Crippen molar-refractivity contribution in [1.82, 2.24) is 0 Å². The fourth-order valence-electron chi connectivity index (χ4n) is 2.03. The highest BCUT2D eigenvalue weighted by Gasteiger charge is 2.26. The molecule has 1 atom stereocenters. The summed E-state index contributed by atoms with van der Waals surface area (Å²) in [6, 6.07) is 6.32. The summed E-state index contributed by atoms with van der Waals surface area (Å²) in [7, 11) is 1.86. The number of anilines is 1. The molecule has 0 aromatic heterocycles. The molecule has 1 amide bonds. The van der Waals surface area contributed by atoms with Crippen LogP contribution in [0.15, 0.2) is 18.2 Å². The molecule has 14 heavy (non-hydrogen) atoms. The van der Waals surface area contributed by atoms with Gasteiger partial charge in [-0.1, -0.05) is 19.1 Å². The molecule has 1 unspecified atom stereocenters. The number of nitrogens with zero attached hydrogens (tertiary/aromatic N) is 1. The van der Waals surface area contributed by atoms with E-state index in [4.69, 9.17) is 0 Å². The number of carbonyl (C=O) groups is 1. The predicted molar refractivity (Wildman–Crippen MR) is 57.5 cm³/mol. The number of aryl methyl sites for hydroxylation is 1. The van der Waals surface area contributed by atoms with E-state index < -0.39 is 0 Å². The molecule has 0 radical (unpaired) electrons. The van der Waals surface area contributed by atoms with Gasteiger partial charge in [-0.2, -0.15) is 0 Å². The first kappa shape index (κ1) is 9.25. The molecule has 0 spiro atoms. The van der Waals surface area contributed by atoms with Gasteiger partial charge in [0, 0.05) is 18.7 Å². The first-order valence-electron chi connectivity index (χ1n) is 4.96. The van der Waals surface area contributed by atoms with Crippen LogP contribution in [0.3, 0.4) is 0 Å². The van der Waals surface area contributed by atoms with Crippen LogP contribution in [0.1, 0.15) is 18.1 Å². The minimum absolute atomic E-state index is 0.121. The van der Waals surface area contributed by atoms with E-state index in [0.29, 0.717) is 0 Å². The van der Waals surface area contributed by atoms with Crippen LogP contribution in [0.2, 0.25) is 0 Å². The average Bonchev–Trinajstić information content (AvgIpc) is 2.16. The van der Waals surface area contributed by atoms with Crippen LogP contribution in [-0.2, 0) is 11.2 Å². The van der Waals surface area contributed by atoms with Crippen molar-refractivity contribution in [2.24, 2.45) is 5.92 Å². The Morgan fingerprint density at radius 3 is 2.86 bits per heavy atom. The van der Waals surface area contributed by atoms with Crippen molar-refractivity contribution in [3.63, 3.8) is 0 Å². The second-order valence-electron chi connectivity index (χ2n) is 4.13. The lowest BCUT2D eigenvalue weighted by Crippen LogP contribution is -2.37. The van der Waals surface area contributed by atoms with Gasteiger partial charge in [0.25, 0.3) is 0 Å². The summed E-state index contributed by atoms with van der Waals surface area (Å²) in [4.78, 5) is 13.5. The highest BCUT2D eigenvalue weighted by atomic mass is 16.2. The molecule has 2 rings (SSSR count). The van der Waals surface area contributed by atoms with Crippen LogP contribution in [0.25, 0.3) is 0 Å². The summed E-state index contributed by atoms with van der Waals surface area (Å²) >= 11 is 0. The van der Waals surface area contributed by atoms with Gasteiger partial charge in [-0.05, 0) is 30.5 Å². The fourth-order valence-corrected chi connectivity index (χ4v) is 2.03. The van der Waals surface area contributed by atoms with Crippen molar-refractivity contribution in [3.05, 3.63) is 29.3 Å². The molecule has 0 aliphatic carbocycles. The van der Waals surface area contributed by atoms with E-state index in [1.807, 2.05) is 14.0 Å². The van der Waals surface area contributed by atoms with E-state index in [0.717, 1.165) is 12.1 Å².